The zero-order chi connectivity index (χ0) is 23.0. The average Bonchev–Trinajstić information content (AvgIpc) is 2.81. The summed E-state index contributed by atoms with van der Waals surface area (Å²) < 4.78 is 6.64. The van der Waals surface area contributed by atoms with Crippen LogP contribution in [0.15, 0.2) is 60.7 Å². The monoisotopic (exact) mass is 446 g/mol. The van der Waals surface area contributed by atoms with Gasteiger partial charge in [0.1, 0.15) is 11.4 Å². The lowest BCUT2D eigenvalue weighted by atomic mass is 9.81. The molecule has 2 heterocycles. The molecule has 0 aliphatic carbocycles. The SMILES string of the molecule is CC(=O)Nc1ccc([C@@H](O)CN2CCC3(CC2)C[C@H](O)c2ccc4ccccc4c2O3)cc1. The molecule has 1 spiro atoms. The Morgan fingerprint density at radius 2 is 1.85 bits per heavy atom. The second-order valence-electron chi connectivity index (χ2n) is 9.33. The van der Waals surface area contributed by atoms with Gasteiger partial charge in [-0.3, -0.25) is 4.79 Å². The number of rotatable bonds is 4. The van der Waals surface area contributed by atoms with E-state index in [1.165, 1.54) is 6.92 Å². The number of fused-ring (bicyclic) bond motifs is 3. The number of aliphatic hydroxyl groups excluding tert-OH is 2. The predicted octanol–water partition coefficient (Wildman–Crippen LogP) is 4.18. The smallest absolute Gasteiger partial charge is 0.221 e. The number of hydrogen-bond donors (Lipinski definition) is 3. The number of amides is 1. The van der Waals surface area contributed by atoms with Gasteiger partial charge in [-0.05, 0) is 35.9 Å². The van der Waals surface area contributed by atoms with Crippen molar-refractivity contribution in [1.82, 2.24) is 4.90 Å². The van der Waals surface area contributed by atoms with Crippen LogP contribution >= 0.6 is 0 Å². The number of β-amino-alcohol motifs (C(OH)–C–C–N with tert-alkyl or cyclic N) is 1. The molecule has 1 saturated heterocycles. The van der Waals surface area contributed by atoms with Crippen molar-refractivity contribution < 1.29 is 19.7 Å². The zero-order valence-electron chi connectivity index (χ0n) is 18.8. The van der Waals surface area contributed by atoms with E-state index in [0.29, 0.717) is 13.0 Å². The van der Waals surface area contributed by atoms with E-state index in [1.54, 1.807) is 0 Å². The van der Waals surface area contributed by atoms with Crippen LogP contribution in [0.25, 0.3) is 10.8 Å². The Hall–Kier alpha value is -2.93. The van der Waals surface area contributed by atoms with E-state index in [0.717, 1.165) is 59.3 Å². The van der Waals surface area contributed by atoms with Crippen LogP contribution in [0.4, 0.5) is 5.69 Å². The fraction of sp³-hybridized carbons (Fsp3) is 0.370. The van der Waals surface area contributed by atoms with Crippen LogP contribution in [-0.4, -0.2) is 46.3 Å². The van der Waals surface area contributed by atoms with E-state index < -0.39 is 12.2 Å². The Bertz CT molecular complexity index is 1150. The summed E-state index contributed by atoms with van der Waals surface area (Å²) in [7, 11) is 0. The highest BCUT2D eigenvalue weighted by molar-refractivity contribution is 5.90. The number of anilines is 1. The number of carbonyl (C=O) groups excluding carboxylic acids is 1. The fourth-order valence-electron chi connectivity index (χ4n) is 5.15. The Morgan fingerprint density at radius 3 is 2.58 bits per heavy atom. The van der Waals surface area contributed by atoms with Gasteiger partial charge in [0.05, 0.1) is 12.2 Å². The lowest BCUT2D eigenvalue weighted by Crippen LogP contribution is -2.51. The Morgan fingerprint density at radius 1 is 1.12 bits per heavy atom. The van der Waals surface area contributed by atoms with Gasteiger partial charge in [-0.1, -0.05) is 48.5 Å². The number of nitrogens with zero attached hydrogens (tertiary/aromatic N) is 1. The second-order valence-corrected chi connectivity index (χ2v) is 9.33. The third kappa shape index (κ3) is 4.47. The molecule has 172 valence electrons. The molecule has 6 nitrogen and oxygen atoms in total. The van der Waals surface area contributed by atoms with Crippen LogP contribution in [0.5, 0.6) is 5.75 Å². The van der Waals surface area contributed by atoms with Crippen LogP contribution in [0.2, 0.25) is 0 Å². The number of hydrogen-bond acceptors (Lipinski definition) is 5. The summed E-state index contributed by atoms with van der Waals surface area (Å²) in [5.41, 5.74) is 2.05. The number of nitrogens with one attached hydrogen (secondary N) is 1. The first-order valence-electron chi connectivity index (χ1n) is 11.6. The third-order valence-electron chi connectivity index (χ3n) is 6.97. The first-order chi connectivity index (χ1) is 15.9. The van der Waals surface area contributed by atoms with Crippen molar-refractivity contribution in [3.63, 3.8) is 0 Å². The predicted molar refractivity (Wildman–Crippen MR) is 128 cm³/mol. The number of likely N-dealkylation sites (tertiary alicyclic amines) is 1. The van der Waals surface area contributed by atoms with Crippen molar-refractivity contribution in [2.45, 2.75) is 44.0 Å². The molecule has 2 atom stereocenters. The highest BCUT2D eigenvalue weighted by Gasteiger charge is 2.43. The molecular formula is C27H30N2O4. The summed E-state index contributed by atoms with van der Waals surface area (Å²) in [5.74, 6) is 0.704. The second kappa shape index (κ2) is 8.78. The van der Waals surface area contributed by atoms with Crippen LogP contribution in [0, 0.1) is 0 Å². The summed E-state index contributed by atoms with van der Waals surface area (Å²) in [6.07, 6.45) is 1.08. The molecule has 1 fully saturated rings. The van der Waals surface area contributed by atoms with Crippen molar-refractivity contribution in [1.29, 1.82) is 0 Å². The van der Waals surface area contributed by atoms with E-state index in [2.05, 4.69) is 22.3 Å². The van der Waals surface area contributed by atoms with E-state index in [9.17, 15) is 15.0 Å². The van der Waals surface area contributed by atoms with Gasteiger partial charge in [0.25, 0.3) is 0 Å². The maximum Gasteiger partial charge on any atom is 0.221 e. The normalized spacial score (nSPS) is 20.8. The molecule has 0 radical (unpaired) electrons. The van der Waals surface area contributed by atoms with Crippen LogP contribution in [-0.2, 0) is 4.79 Å². The molecule has 0 aromatic heterocycles. The number of aliphatic hydroxyl groups is 2. The van der Waals surface area contributed by atoms with Gasteiger partial charge in [-0.2, -0.15) is 0 Å². The minimum absolute atomic E-state index is 0.115. The molecule has 33 heavy (non-hydrogen) atoms. The quantitative estimate of drug-likeness (QED) is 0.560. The summed E-state index contributed by atoms with van der Waals surface area (Å²) in [4.78, 5) is 13.4. The minimum atomic E-state index is -0.604. The van der Waals surface area contributed by atoms with Crippen LogP contribution < -0.4 is 10.1 Å². The Labute approximate surface area is 193 Å². The average molecular weight is 447 g/mol. The molecule has 0 saturated carbocycles. The van der Waals surface area contributed by atoms with Crippen molar-refractivity contribution in [2.75, 3.05) is 25.0 Å². The summed E-state index contributed by atoms with van der Waals surface area (Å²) in [5, 5.41) is 26.6. The molecule has 3 aromatic rings. The van der Waals surface area contributed by atoms with E-state index in [-0.39, 0.29) is 11.5 Å². The Kier molecular flexibility index (Phi) is 5.83. The van der Waals surface area contributed by atoms with Crippen molar-refractivity contribution >= 4 is 22.4 Å². The molecule has 1 amide bonds. The van der Waals surface area contributed by atoms with E-state index in [4.69, 9.17) is 4.74 Å². The number of benzene rings is 3. The van der Waals surface area contributed by atoms with Crippen molar-refractivity contribution in [3.05, 3.63) is 71.8 Å². The maximum atomic E-state index is 11.2. The molecule has 6 heteroatoms. The molecule has 0 bridgehead atoms. The van der Waals surface area contributed by atoms with Crippen LogP contribution in [0.3, 0.4) is 0 Å². The highest BCUT2D eigenvalue weighted by atomic mass is 16.5. The number of piperidine rings is 1. The van der Waals surface area contributed by atoms with Gasteiger partial charge < -0.3 is 25.2 Å². The highest BCUT2D eigenvalue weighted by Crippen LogP contribution is 2.47. The van der Waals surface area contributed by atoms with Gasteiger partial charge in [0.15, 0.2) is 0 Å². The lowest BCUT2D eigenvalue weighted by molar-refractivity contribution is -0.114. The van der Waals surface area contributed by atoms with Gasteiger partial charge in [-0.15, -0.1) is 0 Å². The number of ether oxygens (including phenoxy) is 1. The van der Waals surface area contributed by atoms with Crippen LogP contribution in [0.1, 0.15) is 49.5 Å². The van der Waals surface area contributed by atoms with Gasteiger partial charge in [0, 0.05) is 49.6 Å². The standard InChI is InChI=1S/C27H30N2O4/c1-18(30)28-21-9-6-20(7-10-21)25(32)17-29-14-12-27(13-15-29)16-24(31)23-11-8-19-4-2-3-5-22(19)26(23)33-27/h2-11,24-25,31-32H,12-17H2,1H3,(H,28,30)/t24-,25-/m0/s1. The molecule has 0 unspecified atom stereocenters. The van der Waals surface area contributed by atoms with Gasteiger partial charge >= 0.3 is 0 Å². The summed E-state index contributed by atoms with van der Waals surface area (Å²) in [6.45, 7) is 3.61. The molecule has 5 rings (SSSR count). The topological polar surface area (TPSA) is 82.0 Å². The summed E-state index contributed by atoms with van der Waals surface area (Å²) in [6, 6.07) is 19.5. The fourth-order valence-corrected chi connectivity index (χ4v) is 5.15. The number of carbonyl (C=O) groups is 1. The first-order valence-corrected chi connectivity index (χ1v) is 11.6. The first kappa shape index (κ1) is 21.9. The molecule has 2 aliphatic heterocycles. The van der Waals surface area contributed by atoms with Crippen molar-refractivity contribution in [2.24, 2.45) is 0 Å². The van der Waals surface area contributed by atoms with E-state index >= 15 is 0 Å². The Balaban J connectivity index is 1.25. The largest absolute Gasteiger partial charge is 0.486 e. The van der Waals surface area contributed by atoms with E-state index in [1.807, 2.05) is 48.5 Å². The lowest BCUT2D eigenvalue weighted by Gasteiger charge is -2.46. The third-order valence-corrected chi connectivity index (χ3v) is 6.97. The van der Waals surface area contributed by atoms with Gasteiger partial charge in [0.2, 0.25) is 5.91 Å². The minimum Gasteiger partial charge on any atom is -0.486 e. The molecule has 2 aliphatic rings. The molecular weight excluding hydrogens is 416 g/mol. The maximum absolute atomic E-state index is 11.2. The summed E-state index contributed by atoms with van der Waals surface area (Å²) >= 11 is 0. The molecule has 3 N–H and O–H groups in total. The van der Waals surface area contributed by atoms with Crippen molar-refractivity contribution in [3.8, 4) is 5.75 Å². The molecule has 3 aromatic carbocycles. The van der Waals surface area contributed by atoms with Gasteiger partial charge in [-0.25, -0.2) is 0 Å². The zero-order valence-corrected chi connectivity index (χ0v) is 18.8.